The van der Waals surface area contributed by atoms with E-state index in [0.29, 0.717) is 0 Å². The zero-order valence-corrected chi connectivity index (χ0v) is 21.3. The largest absolute Gasteiger partial charge is 1.00 e. The average molecular weight is 394 g/mol. The number of rotatable bonds is 20. The first-order chi connectivity index (χ1) is 12.2. The molecule has 0 saturated carbocycles. The van der Waals surface area contributed by atoms with Gasteiger partial charge in [0.05, 0.1) is 0 Å². The molecule has 0 radical (unpaired) electrons. The molecule has 0 unspecified atom stereocenters. The van der Waals surface area contributed by atoms with Crippen LogP contribution in [0, 0.1) is 0 Å². The smallest absolute Gasteiger partial charge is 0.550 e. The van der Waals surface area contributed by atoms with Gasteiger partial charge in [-0.1, -0.05) is 84.5 Å². The molecule has 0 aliphatic carbocycles. The Morgan fingerprint density at radius 3 is 1.35 bits per heavy atom. The third-order valence-electron chi connectivity index (χ3n) is 5.01. The Morgan fingerprint density at radius 2 is 0.962 bits per heavy atom. The number of carboxylic acids is 1. The zero-order valence-electron chi connectivity index (χ0n) is 18.2. The van der Waals surface area contributed by atoms with Crippen LogP contribution in [-0.4, -0.2) is 30.5 Å². The molecule has 0 aliphatic heterocycles. The van der Waals surface area contributed by atoms with E-state index in [1.165, 1.54) is 90.1 Å². The van der Waals surface area contributed by atoms with Crippen molar-refractivity contribution in [3.63, 3.8) is 0 Å². The Balaban J connectivity index is 0. The van der Waals surface area contributed by atoms with Crippen molar-refractivity contribution in [3.8, 4) is 0 Å². The first kappa shape index (κ1) is 29.3. The standard InChI is InChI=1S/C22H45NO2.K/c1-3-5-7-9-11-15-19-23(20-16-12-10-8-6-4-2)21-17-13-14-18-22(24)25;/h3-21H2,1-2H3,(H,24,25);/q;+1/p-1. The van der Waals surface area contributed by atoms with E-state index < -0.39 is 5.97 Å². The normalized spacial score (nSPS) is 10.9. The number of carboxylic acid groups (broad SMARTS) is 1. The first-order valence-electron chi connectivity index (χ1n) is 11.1. The molecule has 0 N–H and O–H groups in total. The maximum Gasteiger partial charge on any atom is 1.00 e. The van der Waals surface area contributed by atoms with Crippen LogP contribution >= 0.6 is 0 Å². The predicted octanol–water partition coefficient (Wildman–Crippen LogP) is 2.32. The van der Waals surface area contributed by atoms with Crippen LogP contribution in [-0.2, 0) is 4.79 Å². The van der Waals surface area contributed by atoms with E-state index >= 15 is 0 Å². The van der Waals surface area contributed by atoms with Gasteiger partial charge in [0.1, 0.15) is 0 Å². The van der Waals surface area contributed by atoms with Crippen molar-refractivity contribution in [2.24, 2.45) is 0 Å². The van der Waals surface area contributed by atoms with Gasteiger partial charge >= 0.3 is 51.4 Å². The van der Waals surface area contributed by atoms with Crippen molar-refractivity contribution in [1.29, 1.82) is 0 Å². The van der Waals surface area contributed by atoms with Gasteiger partial charge in [-0.05, 0) is 51.7 Å². The Morgan fingerprint density at radius 1 is 0.615 bits per heavy atom. The zero-order chi connectivity index (χ0) is 18.6. The number of unbranched alkanes of at least 4 members (excludes halogenated alkanes) is 12. The van der Waals surface area contributed by atoms with Crippen molar-refractivity contribution in [2.45, 2.75) is 117 Å². The van der Waals surface area contributed by atoms with Gasteiger partial charge in [-0.3, -0.25) is 0 Å². The van der Waals surface area contributed by atoms with E-state index in [1.54, 1.807) is 0 Å². The fourth-order valence-electron chi connectivity index (χ4n) is 3.35. The van der Waals surface area contributed by atoms with Crippen LogP contribution in [0.2, 0.25) is 0 Å². The topological polar surface area (TPSA) is 43.4 Å². The van der Waals surface area contributed by atoms with Crippen LogP contribution in [0.4, 0.5) is 0 Å². The molecule has 0 amide bonds. The van der Waals surface area contributed by atoms with E-state index in [4.69, 9.17) is 0 Å². The van der Waals surface area contributed by atoms with E-state index in [2.05, 4.69) is 18.7 Å². The van der Waals surface area contributed by atoms with Crippen LogP contribution in [0.25, 0.3) is 0 Å². The second kappa shape index (κ2) is 24.1. The van der Waals surface area contributed by atoms with Gasteiger partial charge in [-0.2, -0.15) is 0 Å². The van der Waals surface area contributed by atoms with Gasteiger partial charge < -0.3 is 14.8 Å². The van der Waals surface area contributed by atoms with Crippen LogP contribution in [0.15, 0.2) is 0 Å². The molecule has 0 heterocycles. The Kier molecular flexibility index (Phi) is 27.1. The molecule has 0 fully saturated rings. The molecule has 4 heteroatoms. The van der Waals surface area contributed by atoms with Crippen LogP contribution in [0.3, 0.4) is 0 Å². The van der Waals surface area contributed by atoms with Gasteiger partial charge in [-0.25, -0.2) is 0 Å². The van der Waals surface area contributed by atoms with Crippen molar-refractivity contribution < 1.29 is 61.3 Å². The molecule has 0 rings (SSSR count). The minimum Gasteiger partial charge on any atom is -0.550 e. The Labute approximate surface area is 206 Å². The summed E-state index contributed by atoms with van der Waals surface area (Å²) in [5.74, 6) is -0.906. The molecule has 0 spiro atoms. The molecule has 0 saturated heterocycles. The van der Waals surface area contributed by atoms with E-state index in [9.17, 15) is 9.90 Å². The maximum absolute atomic E-state index is 10.5. The van der Waals surface area contributed by atoms with Crippen LogP contribution < -0.4 is 56.5 Å². The van der Waals surface area contributed by atoms with Crippen molar-refractivity contribution in [1.82, 2.24) is 4.90 Å². The quantitative estimate of drug-likeness (QED) is 0.235. The summed E-state index contributed by atoms with van der Waals surface area (Å²) < 4.78 is 0. The molecule has 0 aliphatic rings. The summed E-state index contributed by atoms with van der Waals surface area (Å²) in [5.41, 5.74) is 0. The third kappa shape index (κ3) is 23.1. The van der Waals surface area contributed by atoms with Crippen molar-refractivity contribution in [3.05, 3.63) is 0 Å². The fraction of sp³-hybridized carbons (Fsp3) is 0.955. The molecule has 26 heavy (non-hydrogen) atoms. The average Bonchev–Trinajstić information content (AvgIpc) is 2.59. The monoisotopic (exact) mass is 393 g/mol. The number of aliphatic carboxylic acids is 1. The summed E-state index contributed by atoms with van der Waals surface area (Å²) in [5, 5.41) is 10.5. The van der Waals surface area contributed by atoms with E-state index in [-0.39, 0.29) is 57.8 Å². The second-order valence-electron chi connectivity index (χ2n) is 7.56. The van der Waals surface area contributed by atoms with Crippen LogP contribution in [0.5, 0.6) is 0 Å². The third-order valence-corrected chi connectivity index (χ3v) is 5.01. The Hall–Kier alpha value is 1.07. The van der Waals surface area contributed by atoms with Gasteiger partial charge in [0.15, 0.2) is 0 Å². The molecule has 0 bridgehead atoms. The Bertz CT molecular complexity index is 271. The number of nitrogens with zero attached hydrogens (tertiary/aromatic N) is 1. The molecular weight excluding hydrogens is 349 g/mol. The fourth-order valence-corrected chi connectivity index (χ4v) is 3.35. The summed E-state index contributed by atoms with van der Waals surface area (Å²) >= 11 is 0. The maximum atomic E-state index is 10.5. The summed E-state index contributed by atoms with van der Waals surface area (Å²) in [6.45, 7) is 8.12. The second-order valence-corrected chi connectivity index (χ2v) is 7.56. The van der Waals surface area contributed by atoms with E-state index in [1.807, 2.05) is 0 Å². The van der Waals surface area contributed by atoms with Gasteiger partial charge in [0.25, 0.3) is 0 Å². The summed E-state index contributed by atoms with van der Waals surface area (Å²) in [6.07, 6.45) is 19.4. The molecule has 0 aromatic carbocycles. The molecule has 0 atom stereocenters. The number of hydrogen-bond donors (Lipinski definition) is 0. The van der Waals surface area contributed by atoms with Crippen LogP contribution in [0.1, 0.15) is 117 Å². The predicted molar refractivity (Wildman–Crippen MR) is 107 cm³/mol. The number of carbonyl (C=O) groups excluding carboxylic acids is 1. The van der Waals surface area contributed by atoms with Gasteiger partial charge in [0.2, 0.25) is 0 Å². The summed E-state index contributed by atoms with van der Waals surface area (Å²) in [6, 6.07) is 0. The number of hydrogen-bond acceptors (Lipinski definition) is 3. The minimum atomic E-state index is -0.906. The summed E-state index contributed by atoms with van der Waals surface area (Å²) in [4.78, 5) is 13.1. The molecule has 0 aromatic heterocycles. The number of carbonyl (C=O) groups is 1. The first-order valence-corrected chi connectivity index (χ1v) is 11.1. The molecule has 3 nitrogen and oxygen atoms in total. The van der Waals surface area contributed by atoms with Gasteiger partial charge in [-0.15, -0.1) is 0 Å². The summed E-state index contributed by atoms with van der Waals surface area (Å²) in [7, 11) is 0. The SMILES string of the molecule is CCCCCCCCN(CCCCCCCC)CCCCCC(=O)[O-].[K+]. The van der Waals surface area contributed by atoms with E-state index in [0.717, 1.165) is 25.8 Å². The molecular formula is C22H44KNO2. The molecule has 150 valence electrons. The van der Waals surface area contributed by atoms with Gasteiger partial charge in [0, 0.05) is 5.97 Å². The molecule has 0 aromatic rings. The minimum absolute atomic E-state index is 0. The van der Waals surface area contributed by atoms with Crippen molar-refractivity contribution >= 4 is 5.97 Å². The van der Waals surface area contributed by atoms with Crippen molar-refractivity contribution in [2.75, 3.05) is 19.6 Å².